The third-order valence-corrected chi connectivity index (χ3v) is 2.88. The Hall–Kier alpha value is -2.27. The van der Waals surface area contributed by atoms with E-state index in [1.54, 1.807) is 12.4 Å². The maximum absolute atomic E-state index is 12.7. The molecule has 0 unspecified atom stereocenters. The van der Waals surface area contributed by atoms with E-state index in [1.165, 1.54) is 24.3 Å². The lowest BCUT2D eigenvalue weighted by atomic mass is 10.1. The van der Waals surface area contributed by atoms with Gasteiger partial charge in [-0.1, -0.05) is 6.07 Å². The molecular weight excluding hydrogens is 257 g/mol. The summed E-state index contributed by atoms with van der Waals surface area (Å²) in [6, 6.07) is 9.50. The van der Waals surface area contributed by atoms with Crippen molar-refractivity contribution in [2.24, 2.45) is 0 Å². The molecule has 0 aliphatic heterocycles. The van der Waals surface area contributed by atoms with E-state index < -0.39 is 0 Å². The van der Waals surface area contributed by atoms with Gasteiger partial charge in [-0.05, 0) is 42.8 Å². The van der Waals surface area contributed by atoms with Crippen molar-refractivity contribution in [1.82, 2.24) is 10.3 Å². The minimum absolute atomic E-state index is 0.0302. The average Bonchev–Trinajstić information content (AvgIpc) is 2.48. The van der Waals surface area contributed by atoms with Crippen molar-refractivity contribution >= 4 is 11.6 Å². The van der Waals surface area contributed by atoms with Crippen LogP contribution < -0.4 is 10.6 Å². The molecule has 0 aliphatic carbocycles. The summed E-state index contributed by atoms with van der Waals surface area (Å²) in [6.45, 7) is 2.13. The molecule has 1 aromatic heterocycles. The van der Waals surface area contributed by atoms with Crippen LogP contribution in [0, 0.1) is 5.82 Å². The summed E-state index contributed by atoms with van der Waals surface area (Å²) in [5.41, 5.74) is 1.59. The molecule has 20 heavy (non-hydrogen) atoms. The predicted octanol–water partition coefficient (Wildman–Crippen LogP) is 2.51. The summed E-state index contributed by atoms with van der Waals surface area (Å²) in [7, 11) is 0. The van der Waals surface area contributed by atoms with Crippen LogP contribution in [0.2, 0.25) is 0 Å². The average molecular weight is 273 g/mol. The number of carbonyl (C=O) groups excluding carboxylic acids is 1. The van der Waals surface area contributed by atoms with Gasteiger partial charge in [0.25, 0.3) is 0 Å². The van der Waals surface area contributed by atoms with Crippen LogP contribution in [-0.2, 0) is 4.79 Å². The number of rotatable bonds is 5. The predicted molar refractivity (Wildman–Crippen MR) is 75.7 cm³/mol. The van der Waals surface area contributed by atoms with Crippen LogP contribution in [0.3, 0.4) is 0 Å². The summed E-state index contributed by atoms with van der Waals surface area (Å²) in [6.07, 6.45) is 3.47. The van der Waals surface area contributed by atoms with Gasteiger partial charge in [-0.25, -0.2) is 4.39 Å². The molecule has 1 atom stereocenters. The van der Waals surface area contributed by atoms with Gasteiger partial charge >= 0.3 is 0 Å². The number of hydrogen-bond acceptors (Lipinski definition) is 3. The Balaban J connectivity index is 1.82. The fourth-order valence-corrected chi connectivity index (χ4v) is 1.73. The summed E-state index contributed by atoms with van der Waals surface area (Å²) in [5.74, 6) is -0.501. The lowest BCUT2D eigenvalue weighted by Crippen LogP contribution is -2.30. The van der Waals surface area contributed by atoms with Crippen molar-refractivity contribution in [2.75, 3.05) is 11.9 Å². The Morgan fingerprint density at radius 2 is 2.05 bits per heavy atom. The number of benzene rings is 1. The van der Waals surface area contributed by atoms with Crippen molar-refractivity contribution in [3.8, 4) is 0 Å². The molecule has 1 aromatic carbocycles. The smallest absolute Gasteiger partial charge is 0.238 e. The monoisotopic (exact) mass is 273 g/mol. The van der Waals surface area contributed by atoms with Crippen LogP contribution in [0.25, 0.3) is 0 Å². The second-order valence-corrected chi connectivity index (χ2v) is 4.44. The molecule has 0 saturated carbocycles. The molecule has 2 aromatic rings. The fourth-order valence-electron chi connectivity index (χ4n) is 1.73. The highest BCUT2D eigenvalue weighted by atomic mass is 19.1. The summed E-state index contributed by atoms with van der Waals surface area (Å²) < 4.78 is 12.7. The topological polar surface area (TPSA) is 54.0 Å². The molecule has 1 amide bonds. The summed E-state index contributed by atoms with van der Waals surface area (Å²) >= 11 is 0. The minimum Gasteiger partial charge on any atom is -0.325 e. The van der Waals surface area contributed by atoms with Gasteiger partial charge < -0.3 is 10.6 Å². The Kier molecular flexibility index (Phi) is 4.79. The molecule has 0 fully saturated rings. The number of carbonyl (C=O) groups is 1. The van der Waals surface area contributed by atoms with Gasteiger partial charge in [-0.2, -0.15) is 0 Å². The van der Waals surface area contributed by atoms with E-state index in [-0.39, 0.29) is 24.3 Å². The molecule has 0 spiro atoms. The van der Waals surface area contributed by atoms with E-state index in [9.17, 15) is 9.18 Å². The summed E-state index contributed by atoms with van der Waals surface area (Å²) in [5, 5.41) is 5.80. The van der Waals surface area contributed by atoms with Crippen LogP contribution in [0.1, 0.15) is 18.5 Å². The van der Waals surface area contributed by atoms with Crippen LogP contribution in [0.15, 0.2) is 48.8 Å². The Morgan fingerprint density at radius 1 is 1.30 bits per heavy atom. The SMILES string of the molecule is C[C@H](NCC(=O)Nc1ccc(F)cc1)c1cccnc1. The molecule has 1 heterocycles. The van der Waals surface area contributed by atoms with E-state index in [4.69, 9.17) is 0 Å². The fraction of sp³-hybridized carbons (Fsp3) is 0.200. The number of hydrogen-bond donors (Lipinski definition) is 2. The maximum atomic E-state index is 12.7. The maximum Gasteiger partial charge on any atom is 0.238 e. The number of nitrogens with one attached hydrogen (secondary N) is 2. The highest BCUT2D eigenvalue weighted by molar-refractivity contribution is 5.92. The van der Waals surface area contributed by atoms with E-state index in [0.717, 1.165) is 5.56 Å². The number of anilines is 1. The number of nitrogens with zero attached hydrogens (tertiary/aromatic N) is 1. The molecule has 0 bridgehead atoms. The third kappa shape index (κ3) is 4.13. The summed E-state index contributed by atoms with van der Waals surface area (Å²) in [4.78, 5) is 15.8. The van der Waals surface area contributed by atoms with Crippen LogP contribution >= 0.6 is 0 Å². The molecule has 5 heteroatoms. The highest BCUT2D eigenvalue weighted by Crippen LogP contribution is 2.10. The van der Waals surface area contributed by atoms with E-state index in [1.807, 2.05) is 19.1 Å². The van der Waals surface area contributed by atoms with Crippen LogP contribution in [-0.4, -0.2) is 17.4 Å². The van der Waals surface area contributed by atoms with E-state index >= 15 is 0 Å². The van der Waals surface area contributed by atoms with E-state index in [2.05, 4.69) is 15.6 Å². The van der Waals surface area contributed by atoms with Crippen molar-refractivity contribution in [3.05, 3.63) is 60.2 Å². The zero-order valence-electron chi connectivity index (χ0n) is 11.1. The van der Waals surface area contributed by atoms with Gasteiger partial charge in [0, 0.05) is 24.1 Å². The third-order valence-electron chi connectivity index (χ3n) is 2.88. The Bertz CT molecular complexity index is 557. The van der Waals surface area contributed by atoms with Crippen molar-refractivity contribution in [2.45, 2.75) is 13.0 Å². The molecule has 0 aliphatic rings. The van der Waals surface area contributed by atoms with Crippen LogP contribution in [0.5, 0.6) is 0 Å². The van der Waals surface area contributed by atoms with Gasteiger partial charge in [-0.15, -0.1) is 0 Å². The number of amides is 1. The normalized spacial score (nSPS) is 11.9. The van der Waals surface area contributed by atoms with Gasteiger partial charge in [0.2, 0.25) is 5.91 Å². The van der Waals surface area contributed by atoms with E-state index in [0.29, 0.717) is 5.69 Å². The molecule has 4 nitrogen and oxygen atoms in total. The quantitative estimate of drug-likeness (QED) is 0.880. The van der Waals surface area contributed by atoms with Crippen molar-refractivity contribution in [3.63, 3.8) is 0 Å². The first-order valence-electron chi connectivity index (χ1n) is 6.34. The van der Waals surface area contributed by atoms with Crippen molar-refractivity contribution < 1.29 is 9.18 Å². The largest absolute Gasteiger partial charge is 0.325 e. The second kappa shape index (κ2) is 6.77. The zero-order valence-corrected chi connectivity index (χ0v) is 11.1. The van der Waals surface area contributed by atoms with Crippen LogP contribution in [0.4, 0.5) is 10.1 Å². The van der Waals surface area contributed by atoms with Gasteiger partial charge in [0.15, 0.2) is 0 Å². The molecule has 2 N–H and O–H groups in total. The minimum atomic E-state index is -0.327. The first-order valence-corrected chi connectivity index (χ1v) is 6.34. The highest BCUT2D eigenvalue weighted by Gasteiger charge is 2.07. The Morgan fingerprint density at radius 3 is 2.70 bits per heavy atom. The van der Waals surface area contributed by atoms with Gasteiger partial charge in [-0.3, -0.25) is 9.78 Å². The lowest BCUT2D eigenvalue weighted by molar-refractivity contribution is -0.115. The first-order chi connectivity index (χ1) is 9.65. The molecule has 104 valence electrons. The number of aromatic nitrogens is 1. The molecular formula is C15H16FN3O. The molecule has 2 rings (SSSR count). The van der Waals surface area contributed by atoms with Gasteiger partial charge in [0.05, 0.1) is 6.54 Å². The zero-order chi connectivity index (χ0) is 14.4. The first kappa shape index (κ1) is 14.1. The van der Waals surface area contributed by atoms with Crippen molar-refractivity contribution in [1.29, 1.82) is 0 Å². The standard InChI is InChI=1S/C15H16FN3O/c1-11(12-3-2-8-17-9-12)18-10-15(20)19-14-6-4-13(16)5-7-14/h2-9,11,18H,10H2,1H3,(H,19,20)/t11-/m0/s1. The molecule has 0 radical (unpaired) electrons. The Labute approximate surface area is 117 Å². The van der Waals surface area contributed by atoms with Gasteiger partial charge in [0.1, 0.15) is 5.82 Å². The lowest BCUT2D eigenvalue weighted by Gasteiger charge is -2.13. The number of pyridine rings is 1. The molecule has 0 saturated heterocycles. The number of halogens is 1. The second-order valence-electron chi connectivity index (χ2n) is 4.44.